The van der Waals surface area contributed by atoms with E-state index in [1.54, 1.807) is 42.5 Å². The van der Waals surface area contributed by atoms with Crippen LogP contribution >= 0.6 is 0 Å². The van der Waals surface area contributed by atoms with Gasteiger partial charge in [-0.3, -0.25) is 4.31 Å². The molecule has 0 fully saturated rings. The van der Waals surface area contributed by atoms with E-state index in [1.807, 2.05) is 6.92 Å². The van der Waals surface area contributed by atoms with Crippen LogP contribution in [0.1, 0.15) is 24.9 Å². The Hall–Kier alpha value is -2.93. The number of rotatable bonds is 4. The molecule has 4 nitrogen and oxygen atoms in total. The molecule has 0 saturated heterocycles. The summed E-state index contributed by atoms with van der Waals surface area (Å²) in [6.07, 6.45) is 0.430. The maximum Gasteiger partial charge on any atom is 0.264 e. The van der Waals surface area contributed by atoms with Crippen LogP contribution < -0.4 is 9.62 Å². The van der Waals surface area contributed by atoms with Crippen molar-refractivity contribution >= 4 is 21.4 Å². The molecule has 3 aromatic carbocycles. The van der Waals surface area contributed by atoms with Gasteiger partial charge in [0.25, 0.3) is 10.0 Å². The molecule has 7 heteroatoms. The number of benzene rings is 3. The van der Waals surface area contributed by atoms with Gasteiger partial charge in [-0.1, -0.05) is 18.2 Å². The minimum atomic E-state index is -3.81. The molecule has 0 aliphatic carbocycles. The number of fused-ring (bicyclic) bond motifs is 1. The van der Waals surface area contributed by atoms with E-state index in [1.165, 1.54) is 34.6 Å². The molecule has 2 atom stereocenters. The summed E-state index contributed by atoms with van der Waals surface area (Å²) in [6.45, 7) is 1.83. The Morgan fingerprint density at radius 3 is 2.28 bits per heavy atom. The van der Waals surface area contributed by atoms with Gasteiger partial charge in [-0.25, -0.2) is 17.2 Å². The molecule has 4 rings (SSSR count). The molecule has 1 aliphatic heterocycles. The molecule has 0 amide bonds. The lowest BCUT2D eigenvalue weighted by atomic mass is 9.93. The van der Waals surface area contributed by atoms with Crippen LogP contribution in [0.5, 0.6) is 0 Å². The zero-order valence-corrected chi connectivity index (χ0v) is 16.5. The van der Waals surface area contributed by atoms with Crippen LogP contribution in [-0.2, 0) is 10.0 Å². The maximum absolute atomic E-state index is 14.1. The first-order valence-corrected chi connectivity index (χ1v) is 10.7. The molecule has 1 aliphatic rings. The molecule has 1 N–H and O–H groups in total. The molecule has 0 radical (unpaired) electrons. The number of nitrogens with one attached hydrogen (secondary N) is 1. The van der Waals surface area contributed by atoms with Crippen molar-refractivity contribution in [3.63, 3.8) is 0 Å². The van der Waals surface area contributed by atoms with E-state index in [-0.39, 0.29) is 22.8 Å². The number of halogens is 2. The SMILES string of the molecule is C[C@@H]1C[C@H](Nc2ccc(F)cc2)c2cc(F)ccc2N1S(=O)(=O)c1ccccc1. The molecule has 150 valence electrons. The highest BCUT2D eigenvalue weighted by Crippen LogP contribution is 2.42. The zero-order chi connectivity index (χ0) is 20.6. The van der Waals surface area contributed by atoms with E-state index in [0.29, 0.717) is 23.4 Å². The van der Waals surface area contributed by atoms with E-state index in [9.17, 15) is 17.2 Å². The largest absolute Gasteiger partial charge is 0.378 e. The predicted octanol–water partition coefficient (Wildman–Crippen LogP) is 5.11. The molecule has 0 unspecified atom stereocenters. The normalized spacial score (nSPS) is 18.9. The molecule has 29 heavy (non-hydrogen) atoms. The van der Waals surface area contributed by atoms with Crippen LogP contribution in [0.3, 0.4) is 0 Å². The molecule has 3 aromatic rings. The lowest BCUT2D eigenvalue weighted by Gasteiger charge is -2.40. The Kier molecular flexibility index (Phi) is 5.00. The maximum atomic E-state index is 14.1. The summed E-state index contributed by atoms with van der Waals surface area (Å²) >= 11 is 0. The van der Waals surface area contributed by atoms with Crippen molar-refractivity contribution in [3.8, 4) is 0 Å². The summed E-state index contributed by atoms with van der Waals surface area (Å²) in [5, 5.41) is 3.28. The second-order valence-corrected chi connectivity index (χ2v) is 8.92. The lowest BCUT2D eigenvalue weighted by Crippen LogP contribution is -2.44. The first kappa shape index (κ1) is 19.4. The fraction of sp³-hybridized carbons (Fsp3) is 0.182. The van der Waals surface area contributed by atoms with Gasteiger partial charge in [-0.2, -0.15) is 0 Å². The van der Waals surface area contributed by atoms with Crippen LogP contribution in [0.15, 0.2) is 77.7 Å². The standard InChI is InChI=1S/C22H20F2N2O2S/c1-15-13-21(25-18-10-7-16(23)8-11-18)20-14-17(24)9-12-22(20)26(15)29(27,28)19-5-3-2-4-6-19/h2-12,14-15,21,25H,13H2,1H3/t15-,21+/m1/s1. The van der Waals surface area contributed by atoms with Gasteiger partial charge in [0.1, 0.15) is 11.6 Å². The Morgan fingerprint density at radius 1 is 0.931 bits per heavy atom. The fourth-order valence-electron chi connectivity index (χ4n) is 3.76. The van der Waals surface area contributed by atoms with E-state index < -0.39 is 15.8 Å². The monoisotopic (exact) mass is 414 g/mol. The second-order valence-electron chi connectivity index (χ2n) is 7.11. The summed E-state index contributed by atoms with van der Waals surface area (Å²) in [5.41, 5.74) is 1.67. The zero-order valence-electron chi connectivity index (χ0n) is 15.7. The van der Waals surface area contributed by atoms with E-state index in [4.69, 9.17) is 0 Å². The third-order valence-corrected chi connectivity index (χ3v) is 7.01. The van der Waals surface area contributed by atoms with Gasteiger partial charge in [0.15, 0.2) is 0 Å². The highest BCUT2D eigenvalue weighted by molar-refractivity contribution is 7.92. The highest BCUT2D eigenvalue weighted by atomic mass is 32.2. The summed E-state index contributed by atoms with van der Waals surface area (Å²) in [5.74, 6) is -0.791. The summed E-state index contributed by atoms with van der Waals surface area (Å²) in [7, 11) is -3.81. The number of anilines is 2. The quantitative estimate of drug-likeness (QED) is 0.646. The molecule has 0 spiro atoms. The van der Waals surface area contributed by atoms with Crippen LogP contribution in [0.2, 0.25) is 0 Å². The average Bonchev–Trinajstić information content (AvgIpc) is 2.70. The highest BCUT2D eigenvalue weighted by Gasteiger charge is 2.38. The van der Waals surface area contributed by atoms with Crippen LogP contribution in [0.4, 0.5) is 20.2 Å². The predicted molar refractivity (Wildman–Crippen MR) is 109 cm³/mol. The van der Waals surface area contributed by atoms with Gasteiger partial charge in [0, 0.05) is 17.3 Å². The Bertz CT molecular complexity index is 1120. The Morgan fingerprint density at radius 2 is 1.59 bits per heavy atom. The lowest BCUT2D eigenvalue weighted by molar-refractivity contribution is 0.532. The topological polar surface area (TPSA) is 49.4 Å². The van der Waals surface area contributed by atoms with Crippen molar-refractivity contribution in [2.75, 3.05) is 9.62 Å². The molecular weight excluding hydrogens is 394 g/mol. The van der Waals surface area contributed by atoms with Crippen molar-refractivity contribution in [1.82, 2.24) is 0 Å². The Balaban J connectivity index is 1.77. The van der Waals surface area contributed by atoms with Gasteiger partial charge < -0.3 is 5.32 Å². The minimum Gasteiger partial charge on any atom is -0.378 e. The number of nitrogens with zero attached hydrogens (tertiary/aromatic N) is 1. The molecule has 0 bridgehead atoms. The smallest absolute Gasteiger partial charge is 0.264 e. The van der Waals surface area contributed by atoms with E-state index in [0.717, 1.165) is 0 Å². The fourth-order valence-corrected chi connectivity index (χ4v) is 5.48. The minimum absolute atomic E-state index is 0.187. The summed E-state index contributed by atoms with van der Waals surface area (Å²) in [6, 6.07) is 17.5. The van der Waals surface area contributed by atoms with Crippen LogP contribution in [0.25, 0.3) is 0 Å². The van der Waals surface area contributed by atoms with Gasteiger partial charge in [0.05, 0.1) is 16.6 Å². The van der Waals surface area contributed by atoms with E-state index in [2.05, 4.69) is 5.32 Å². The summed E-state index contributed by atoms with van der Waals surface area (Å²) in [4.78, 5) is 0.187. The summed E-state index contributed by atoms with van der Waals surface area (Å²) < 4.78 is 55.3. The average molecular weight is 414 g/mol. The number of hydrogen-bond acceptors (Lipinski definition) is 3. The molecule has 0 aromatic heterocycles. The van der Waals surface area contributed by atoms with Gasteiger partial charge in [0.2, 0.25) is 0 Å². The first-order valence-electron chi connectivity index (χ1n) is 9.27. The van der Waals surface area contributed by atoms with Gasteiger partial charge in [-0.15, -0.1) is 0 Å². The van der Waals surface area contributed by atoms with Crippen molar-refractivity contribution < 1.29 is 17.2 Å². The van der Waals surface area contributed by atoms with Crippen LogP contribution in [0, 0.1) is 11.6 Å². The number of sulfonamides is 1. The van der Waals surface area contributed by atoms with Gasteiger partial charge in [-0.05, 0) is 67.9 Å². The third kappa shape index (κ3) is 3.70. The van der Waals surface area contributed by atoms with Crippen molar-refractivity contribution in [3.05, 3.63) is 90.0 Å². The van der Waals surface area contributed by atoms with Crippen LogP contribution in [-0.4, -0.2) is 14.5 Å². The third-order valence-electron chi connectivity index (χ3n) is 5.06. The first-order chi connectivity index (χ1) is 13.9. The molecule has 1 heterocycles. The second kappa shape index (κ2) is 7.48. The van der Waals surface area contributed by atoms with Crippen molar-refractivity contribution in [1.29, 1.82) is 0 Å². The Labute approximate surface area is 168 Å². The molecule has 0 saturated carbocycles. The van der Waals surface area contributed by atoms with Gasteiger partial charge >= 0.3 is 0 Å². The number of hydrogen-bond donors (Lipinski definition) is 1. The molecular formula is C22H20F2N2O2S. The van der Waals surface area contributed by atoms with E-state index >= 15 is 0 Å². The van der Waals surface area contributed by atoms with Crippen molar-refractivity contribution in [2.45, 2.75) is 30.3 Å². The van der Waals surface area contributed by atoms with Crippen molar-refractivity contribution in [2.24, 2.45) is 0 Å².